The molecule has 0 spiro atoms. The van der Waals surface area contributed by atoms with Gasteiger partial charge in [0, 0.05) is 6.54 Å². The first-order valence-electron chi connectivity index (χ1n) is 6.72. The second-order valence-corrected chi connectivity index (χ2v) is 4.84. The van der Waals surface area contributed by atoms with Crippen LogP contribution >= 0.6 is 0 Å². The summed E-state index contributed by atoms with van der Waals surface area (Å²) in [6.07, 6.45) is -0.152. The zero-order chi connectivity index (χ0) is 14.5. The lowest BCUT2D eigenvalue weighted by Crippen LogP contribution is -2.19. The van der Waals surface area contributed by atoms with Crippen LogP contribution in [0.15, 0.2) is 42.5 Å². The van der Waals surface area contributed by atoms with E-state index in [-0.39, 0.29) is 6.10 Å². The van der Waals surface area contributed by atoms with Gasteiger partial charge in [-0.2, -0.15) is 0 Å². The molecule has 20 heavy (non-hydrogen) atoms. The lowest BCUT2D eigenvalue weighted by Gasteiger charge is -2.21. The summed E-state index contributed by atoms with van der Waals surface area (Å²) in [5.74, 6) is 1.75. The molecule has 2 aromatic carbocycles. The largest absolute Gasteiger partial charge is 0.497 e. The minimum Gasteiger partial charge on any atom is -0.497 e. The van der Waals surface area contributed by atoms with E-state index in [2.05, 4.69) is 0 Å². The Labute approximate surface area is 120 Å². The summed E-state index contributed by atoms with van der Waals surface area (Å²) in [5, 5.41) is 0. The summed E-state index contributed by atoms with van der Waals surface area (Å²) in [6, 6.07) is 13.9. The van der Waals surface area contributed by atoms with E-state index in [0.29, 0.717) is 6.54 Å². The molecular weight excluding hydrogens is 250 g/mol. The van der Waals surface area contributed by atoms with Gasteiger partial charge in [-0.05, 0) is 42.7 Å². The molecule has 3 heteroatoms. The quantitative estimate of drug-likeness (QED) is 0.906. The fourth-order valence-electron chi connectivity index (χ4n) is 2.20. The minimum atomic E-state index is -0.152. The van der Waals surface area contributed by atoms with Crippen molar-refractivity contribution < 1.29 is 9.47 Å². The first-order valence-corrected chi connectivity index (χ1v) is 6.72. The molecule has 106 valence electrons. The Kier molecular flexibility index (Phi) is 4.64. The van der Waals surface area contributed by atoms with Gasteiger partial charge in [-0.25, -0.2) is 0 Å². The average molecular weight is 271 g/mol. The molecule has 3 nitrogen and oxygen atoms in total. The number of hydrogen-bond acceptors (Lipinski definition) is 3. The maximum absolute atomic E-state index is 6.12. The van der Waals surface area contributed by atoms with Crippen LogP contribution in [0.5, 0.6) is 11.5 Å². The van der Waals surface area contributed by atoms with E-state index in [1.165, 1.54) is 0 Å². The zero-order valence-electron chi connectivity index (χ0n) is 12.2. The fraction of sp³-hybridized carbons (Fsp3) is 0.294. The highest BCUT2D eigenvalue weighted by atomic mass is 16.5. The van der Waals surface area contributed by atoms with Crippen molar-refractivity contribution in [1.29, 1.82) is 0 Å². The number of rotatable bonds is 5. The predicted molar refractivity (Wildman–Crippen MR) is 81.3 cm³/mol. The van der Waals surface area contributed by atoms with Crippen LogP contribution in [0.4, 0.5) is 0 Å². The monoisotopic (exact) mass is 271 g/mol. The number of hydrogen-bond donors (Lipinski definition) is 1. The zero-order valence-corrected chi connectivity index (χ0v) is 12.2. The fourth-order valence-corrected chi connectivity index (χ4v) is 2.20. The molecular formula is C17H21NO2. The molecule has 2 N–H and O–H groups in total. The number of ether oxygens (including phenoxy) is 2. The molecule has 0 radical (unpaired) electrons. The van der Waals surface area contributed by atoms with Crippen molar-refractivity contribution in [2.75, 3.05) is 13.7 Å². The van der Waals surface area contributed by atoms with Crippen LogP contribution in [0, 0.1) is 13.8 Å². The second-order valence-electron chi connectivity index (χ2n) is 4.84. The lowest BCUT2D eigenvalue weighted by molar-refractivity contribution is 0.211. The van der Waals surface area contributed by atoms with Gasteiger partial charge >= 0.3 is 0 Å². The van der Waals surface area contributed by atoms with Crippen molar-refractivity contribution in [2.24, 2.45) is 5.73 Å². The van der Waals surface area contributed by atoms with E-state index >= 15 is 0 Å². The Morgan fingerprint density at radius 3 is 2.10 bits per heavy atom. The van der Waals surface area contributed by atoms with Gasteiger partial charge < -0.3 is 15.2 Å². The summed E-state index contributed by atoms with van der Waals surface area (Å²) in [5.41, 5.74) is 9.16. The highest BCUT2D eigenvalue weighted by Crippen LogP contribution is 2.28. The van der Waals surface area contributed by atoms with Crippen LogP contribution < -0.4 is 15.2 Å². The predicted octanol–water partition coefficient (Wildman–Crippen LogP) is 3.39. The van der Waals surface area contributed by atoms with Gasteiger partial charge in [0.05, 0.1) is 7.11 Å². The van der Waals surface area contributed by atoms with Crippen molar-refractivity contribution in [3.05, 3.63) is 59.2 Å². The molecule has 2 aromatic rings. The van der Waals surface area contributed by atoms with Crippen LogP contribution in [0.25, 0.3) is 0 Å². The van der Waals surface area contributed by atoms with Crippen molar-refractivity contribution >= 4 is 0 Å². The molecule has 0 saturated heterocycles. The van der Waals surface area contributed by atoms with E-state index in [1.807, 2.05) is 56.3 Å². The SMILES string of the molecule is COc1ccc([C@@H](CN)Oc2c(C)cccc2C)cc1. The molecule has 0 aliphatic rings. The van der Waals surface area contributed by atoms with Crippen molar-refractivity contribution in [3.8, 4) is 11.5 Å². The summed E-state index contributed by atoms with van der Waals surface area (Å²) in [6.45, 7) is 4.52. The van der Waals surface area contributed by atoms with Crippen LogP contribution in [-0.2, 0) is 0 Å². The maximum atomic E-state index is 6.12. The van der Waals surface area contributed by atoms with Gasteiger partial charge in [0.2, 0.25) is 0 Å². The Balaban J connectivity index is 2.24. The van der Waals surface area contributed by atoms with Crippen LogP contribution in [0.1, 0.15) is 22.8 Å². The molecule has 0 heterocycles. The highest BCUT2D eigenvalue weighted by molar-refractivity contribution is 5.40. The third kappa shape index (κ3) is 3.11. The third-order valence-corrected chi connectivity index (χ3v) is 3.37. The minimum absolute atomic E-state index is 0.152. The van der Waals surface area contributed by atoms with E-state index in [9.17, 15) is 0 Å². The van der Waals surface area contributed by atoms with Crippen molar-refractivity contribution in [2.45, 2.75) is 20.0 Å². The molecule has 0 unspecified atom stereocenters. The molecule has 0 saturated carbocycles. The number of aryl methyl sites for hydroxylation is 2. The van der Waals surface area contributed by atoms with Gasteiger partial charge in [0.25, 0.3) is 0 Å². The first-order chi connectivity index (χ1) is 9.65. The van der Waals surface area contributed by atoms with Gasteiger partial charge in [-0.1, -0.05) is 30.3 Å². The number of benzene rings is 2. The number of nitrogens with two attached hydrogens (primary N) is 1. The second kappa shape index (κ2) is 6.44. The van der Waals surface area contributed by atoms with Gasteiger partial charge in [0.1, 0.15) is 17.6 Å². The van der Waals surface area contributed by atoms with Crippen LogP contribution in [-0.4, -0.2) is 13.7 Å². The van der Waals surface area contributed by atoms with Gasteiger partial charge in [-0.3, -0.25) is 0 Å². The topological polar surface area (TPSA) is 44.5 Å². The molecule has 0 aliphatic heterocycles. The van der Waals surface area contributed by atoms with E-state index < -0.39 is 0 Å². The number of methoxy groups -OCH3 is 1. The van der Waals surface area contributed by atoms with Gasteiger partial charge in [0.15, 0.2) is 0 Å². The van der Waals surface area contributed by atoms with Crippen molar-refractivity contribution in [3.63, 3.8) is 0 Å². The summed E-state index contributed by atoms with van der Waals surface area (Å²) >= 11 is 0. The smallest absolute Gasteiger partial charge is 0.136 e. The van der Waals surface area contributed by atoms with E-state index in [4.69, 9.17) is 15.2 Å². The number of para-hydroxylation sites is 1. The molecule has 0 aliphatic carbocycles. The van der Waals surface area contributed by atoms with E-state index in [0.717, 1.165) is 28.2 Å². The Bertz CT molecular complexity index is 543. The molecule has 0 fully saturated rings. The Hall–Kier alpha value is -2.00. The molecule has 0 bridgehead atoms. The Morgan fingerprint density at radius 2 is 1.60 bits per heavy atom. The van der Waals surface area contributed by atoms with Gasteiger partial charge in [-0.15, -0.1) is 0 Å². The summed E-state index contributed by atoms with van der Waals surface area (Å²) < 4.78 is 11.3. The standard InChI is InChI=1S/C17H21NO2/c1-12-5-4-6-13(2)17(12)20-16(11-18)14-7-9-15(19-3)10-8-14/h4-10,16H,11,18H2,1-3H3/t16-/m1/s1. The lowest BCUT2D eigenvalue weighted by atomic mass is 10.1. The molecule has 0 amide bonds. The summed E-state index contributed by atoms with van der Waals surface area (Å²) in [4.78, 5) is 0. The highest BCUT2D eigenvalue weighted by Gasteiger charge is 2.14. The maximum Gasteiger partial charge on any atom is 0.136 e. The third-order valence-electron chi connectivity index (χ3n) is 3.37. The normalized spacial score (nSPS) is 12.0. The molecule has 0 aromatic heterocycles. The molecule has 1 atom stereocenters. The van der Waals surface area contributed by atoms with Crippen LogP contribution in [0.3, 0.4) is 0 Å². The first kappa shape index (κ1) is 14.4. The summed E-state index contributed by atoms with van der Waals surface area (Å²) in [7, 11) is 1.66. The van der Waals surface area contributed by atoms with E-state index in [1.54, 1.807) is 7.11 Å². The van der Waals surface area contributed by atoms with Crippen molar-refractivity contribution in [1.82, 2.24) is 0 Å². The average Bonchev–Trinajstić information content (AvgIpc) is 2.47. The Morgan fingerprint density at radius 1 is 1.00 bits per heavy atom. The molecule has 2 rings (SSSR count). The van der Waals surface area contributed by atoms with Crippen LogP contribution in [0.2, 0.25) is 0 Å².